The first-order valence-corrected chi connectivity index (χ1v) is 7.89. The molecule has 0 aromatic carbocycles. The maximum absolute atomic E-state index is 5.70. The lowest BCUT2D eigenvalue weighted by molar-refractivity contribution is 0.796. The van der Waals surface area contributed by atoms with Gasteiger partial charge in [0.05, 0.1) is 0 Å². The molecule has 0 aliphatic rings. The number of hydrogen-bond acceptors (Lipinski definition) is 7. The van der Waals surface area contributed by atoms with E-state index < -0.39 is 0 Å². The fourth-order valence-electron chi connectivity index (χ4n) is 0.999. The normalized spacial score (nSPS) is 11.4. The summed E-state index contributed by atoms with van der Waals surface area (Å²) in [4.78, 5) is 8.25. The van der Waals surface area contributed by atoms with E-state index in [-0.39, 0.29) is 5.95 Å². The highest BCUT2D eigenvalue weighted by molar-refractivity contribution is 8.13. The number of nitrogens with one attached hydrogen (secondary N) is 2. The van der Waals surface area contributed by atoms with E-state index in [1.54, 1.807) is 0 Å². The van der Waals surface area contributed by atoms with Crippen LogP contribution in [0.3, 0.4) is 0 Å². The second-order valence-corrected chi connectivity index (χ2v) is 4.86. The van der Waals surface area contributed by atoms with E-state index >= 15 is 0 Å². The highest BCUT2D eigenvalue weighted by atomic mass is 32.2. The minimum Gasteiger partial charge on any atom is -0.368 e. The van der Waals surface area contributed by atoms with Gasteiger partial charge in [0.1, 0.15) is 0 Å². The second-order valence-electron chi connectivity index (χ2n) is 2.91. The largest absolute Gasteiger partial charge is 0.368 e. The first-order valence-electron chi connectivity index (χ1n) is 5.03. The predicted octanol–water partition coefficient (Wildman–Crippen LogP) is 0.548. The summed E-state index contributed by atoms with van der Waals surface area (Å²) in [6.07, 6.45) is 3.79. The zero-order valence-corrected chi connectivity index (χ0v) is 12.7. The van der Waals surface area contributed by atoms with Crippen molar-refractivity contribution in [1.29, 1.82) is 0 Å². The van der Waals surface area contributed by atoms with Crippen molar-refractivity contribution in [2.45, 2.75) is 12.1 Å². The molecule has 0 aliphatic heterocycles. The van der Waals surface area contributed by atoms with Gasteiger partial charge in [-0.1, -0.05) is 23.5 Å². The Labute approximate surface area is 119 Å². The number of aliphatic imine (C=N–C) groups is 1. The van der Waals surface area contributed by atoms with Crippen molar-refractivity contribution in [2.75, 3.05) is 24.8 Å². The summed E-state index contributed by atoms with van der Waals surface area (Å²) in [5, 5.41) is 5.76. The van der Waals surface area contributed by atoms with Crippen molar-refractivity contribution in [3.63, 3.8) is 0 Å². The summed E-state index contributed by atoms with van der Waals surface area (Å²) in [7, 11) is 0. The predicted molar refractivity (Wildman–Crippen MR) is 82.0 cm³/mol. The lowest BCUT2D eigenvalue weighted by Gasteiger charge is -2.11. The van der Waals surface area contributed by atoms with Gasteiger partial charge in [-0.05, 0) is 31.7 Å². The first-order chi connectivity index (χ1) is 8.62. The Balaban J connectivity index is 2.65. The number of thioether (sulfide) groups is 2. The molecule has 18 heavy (non-hydrogen) atoms. The van der Waals surface area contributed by atoms with Crippen LogP contribution in [-0.2, 0) is 0 Å². The van der Waals surface area contributed by atoms with Crippen LogP contribution in [0.25, 0.3) is 0 Å². The number of thiocarbonyl (C=S) groups is 1. The van der Waals surface area contributed by atoms with E-state index in [1.165, 1.54) is 28.2 Å². The molecule has 0 atom stereocenters. The number of hydrogen-bond donors (Lipinski definition) is 3. The van der Waals surface area contributed by atoms with E-state index in [0.29, 0.717) is 16.8 Å². The molecule has 0 bridgehead atoms. The summed E-state index contributed by atoms with van der Waals surface area (Å²) in [5.74, 6) is 0.247. The highest BCUT2D eigenvalue weighted by Gasteiger charge is 2.10. The molecule has 0 aliphatic carbocycles. The van der Waals surface area contributed by atoms with Crippen LogP contribution in [0.1, 0.15) is 6.92 Å². The molecule has 0 saturated carbocycles. The van der Waals surface area contributed by atoms with Crippen molar-refractivity contribution in [2.24, 2.45) is 4.99 Å². The standard InChI is InChI=1S/C8H15N7S3/c1-4-10-6(17-2)12-13-8(16)15-5(9)11-7(14-15)18-3/h4H2,1-3H3,(H,10,12)(H,13,16)(H2,9,11,14). The lowest BCUT2D eigenvalue weighted by atomic mass is 10.8. The molecular weight excluding hydrogens is 290 g/mol. The van der Waals surface area contributed by atoms with Crippen LogP contribution in [0.15, 0.2) is 10.1 Å². The van der Waals surface area contributed by atoms with Gasteiger partial charge in [-0.15, -0.1) is 5.10 Å². The van der Waals surface area contributed by atoms with Crippen LogP contribution in [0, 0.1) is 0 Å². The number of nitrogens with zero attached hydrogens (tertiary/aromatic N) is 4. The fraction of sp³-hybridized carbons (Fsp3) is 0.500. The van der Waals surface area contributed by atoms with Crippen molar-refractivity contribution in [3.05, 3.63) is 0 Å². The van der Waals surface area contributed by atoms with Crippen molar-refractivity contribution in [1.82, 2.24) is 25.6 Å². The smallest absolute Gasteiger partial charge is 0.226 e. The SMILES string of the molecule is CCN=C(NNC(=S)n1nc(SC)nc1N)SC. The van der Waals surface area contributed by atoms with Crippen LogP contribution < -0.4 is 16.6 Å². The second kappa shape index (κ2) is 7.44. The Morgan fingerprint density at radius 2 is 2.22 bits per heavy atom. The molecular formula is C8H15N7S3. The van der Waals surface area contributed by atoms with E-state index in [2.05, 4.69) is 25.9 Å². The quantitative estimate of drug-likeness (QED) is 0.240. The molecule has 10 heteroatoms. The maximum Gasteiger partial charge on any atom is 0.226 e. The topological polar surface area (TPSA) is 93.1 Å². The number of anilines is 1. The fourth-order valence-corrected chi connectivity index (χ4v) is 1.94. The van der Waals surface area contributed by atoms with Gasteiger partial charge in [-0.2, -0.15) is 9.67 Å². The molecule has 0 unspecified atom stereocenters. The van der Waals surface area contributed by atoms with Gasteiger partial charge in [-0.3, -0.25) is 15.8 Å². The first kappa shape index (κ1) is 15.1. The molecule has 4 N–H and O–H groups in total. The highest BCUT2D eigenvalue weighted by Crippen LogP contribution is 2.10. The number of rotatable bonds is 2. The monoisotopic (exact) mass is 305 g/mol. The molecule has 1 aromatic rings. The lowest BCUT2D eigenvalue weighted by Crippen LogP contribution is -2.43. The Morgan fingerprint density at radius 3 is 2.72 bits per heavy atom. The molecule has 7 nitrogen and oxygen atoms in total. The molecule has 100 valence electrons. The van der Waals surface area contributed by atoms with Crippen LogP contribution in [-0.4, -0.2) is 44.1 Å². The minimum atomic E-state index is 0.247. The van der Waals surface area contributed by atoms with Crippen molar-refractivity contribution >= 4 is 52.0 Å². The average molecular weight is 305 g/mol. The van der Waals surface area contributed by atoms with Gasteiger partial charge in [0, 0.05) is 6.54 Å². The maximum atomic E-state index is 5.70. The molecule has 0 fully saturated rings. The van der Waals surface area contributed by atoms with Crippen LogP contribution in [0.4, 0.5) is 5.95 Å². The van der Waals surface area contributed by atoms with Gasteiger partial charge in [-0.25, -0.2) is 0 Å². The summed E-state index contributed by atoms with van der Waals surface area (Å²) in [5.41, 5.74) is 11.4. The summed E-state index contributed by atoms with van der Waals surface area (Å²) in [6, 6.07) is 0. The van der Waals surface area contributed by atoms with E-state index in [9.17, 15) is 0 Å². The van der Waals surface area contributed by atoms with Gasteiger partial charge in [0.2, 0.25) is 16.2 Å². The Morgan fingerprint density at radius 1 is 1.50 bits per heavy atom. The summed E-state index contributed by atoms with van der Waals surface area (Å²) in [6.45, 7) is 2.65. The molecule has 0 amide bonds. The molecule has 0 spiro atoms. The average Bonchev–Trinajstić information content (AvgIpc) is 2.75. The van der Waals surface area contributed by atoms with Gasteiger partial charge in [0.25, 0.3) is 0 Å². The molecule has 0 radical (unpaired) electrons. The third kappa shape index (κ3) is 4.03. The Hall–Kier alpha value is -1.000. The summed E-state index contributed by atoms with van der Waals surface area (Å²) >= 11 is 8.03. The van der Waals surface area contributed by atoms with Crippen LogP contribution in [0.2, 0.25) is 0 Å². The molecule has 1 heterocycles. The zero-order valence-electron chi connectivity index (χ0n) is 10.3. The van der Waals surface area contributed by atoms with E-state index in [1.807, 2.05) is 19.4 Å². The number of aromatic nitrogens is 3. The van der Waals surface area contributed by atoms with Gasteiger partial charge >= 0.3 is 0 Å². The number of nitrogen functional groups attached to an aromatic ring is 1. The number of nitrogens with two attached hydrogens (primary N) is 1. The van der Waals surface area contributed by atoms with E-state index in [0.717, 1.165) is 5.17 Å². The van der Waals surface area contributed by atoms with Gasteiger partial charge < -0.3 is 5.73 Å². The Bertz CT molecular complexity index is 442. The van der Waals surface area contributed by atoms with Crippen molar-refractivity contribution < 1.29 is 0 Å². The zero-order chi connectivity index (χ0) is 13.5. The number of amidine groups is 1. The third-order valence-electron chi connectivity index (χ3n) is 1.76. The van der Waals surface area contributed by atoms with E-state index in [4.69, 9.17) is 18.0 Å². The molecule has 0 saturated heterocycles. The summed E-state index contributed by atoms with van der Waals surface area (Å²) < 4.78 is 1.36. The van der Waals surface area contributed by atoms with Gasteiger partial charge in [0.15, 0.2) is 5.17 Å². The van der Waals surface area contributed by atoms with Crippen LogP contribution >= 0.6 is 35.7 Å². The molecule has 1 aromatic heterocycles. The molecule has 1 rings (SSSR count). The third-order valence-corrected chi connectivity index (χ3v) is 3.19. The Kier molecular flexibility index (Phi) is 6.22. The number of hydrazine groups is 1. The minimum absolute atomic E-state index is 0.247. The van der Waals surface area contributed by atoms with Crippen molar-refractivity contribution in [3.8, 4) is 0 Å². The van der Waals surface area contributed by atoms with Crippen LogP contribution in [0.5, 0.6) is 0 Å².